The van der Waals surface area contributed by atoms with Gasteiger partial charge in [-0.25, -0.2) is 0 Å². The molecule has 2 heterocycles. The summed E-state index contributed by atoms with van der Waals surface area (Å²) in [4.78, 5) is 11.5. The molecule has 2 aliphatic rings. The lowest BCUT2D eigenvalue weighted by molar-refractivity contribution is -0.123. The lowest BCUT2D eigenvalue weighted by Gasteiger charge is -2.29. The van der Waals surface area contributed by atoms with Crippen molar-refractivity contribution in [3.63, 3.8) is 0 Å². The van der Waals surface area contributed by atoms with E-state index < -0.39 is 6.10 Å². The molecular weight excluding hydrogens is 192 g/mol. The van der Waals surface area contributed by atoms with Gasteiger partial charge in [0, 0.05) is 18.1 Å². The van der Waals surface area contributed by atoms with E-state index in [0.29, 0.717) is 18.1 Å². The molecule has 0 saturated carbocycles. The van der Waals surface area contributed by atoms with Crippen LogP contribution in [0.5, 0.6) is 0 Å². The van der Waals surface area contributed by atoms with Gasteiger partial charge in [-0.15, -0.1) is 0 Å². The zero-order chi connectivity index (χ0) is 10.8. The molecule has 86 valence electrons. The van der Waals surface area contributed by atoms with Crippen LogP contribution in [-0.2, 0) is 4.79 Å². The number of piperidine rings is 1. The molecule has 0 spiro atoms. The molecular formula is C11H20N2O2. The minimum Gasteiger partial charge on any atom is -0.393 e. The Morgan fingerprint density at radius 2 is 2.07 bits per heavy atom. The predicted octanol–water partition coefficient (Wildman–Crippen LogP) is 0.156. The van der Waals surface area contributed by atoms with Gasteiger partial charge in [-0.1, -0.05) is 0 Å². The average molecular weight is 212 g/mol. The van der Waals surface area contributed by atoms with Crippen molar-refractivity contribution in [1.82, 2.24) is 10.6 Å². The van der Waals surface area contributed by atoms with Crippen LogP contribution < -0.4 is 10.6 Å². The molecule has 2 rings (SSSR count). The number of hydrogen-bond donors (Lipinski definition) is 3. The maximum atomic E-state index is 11.5. The van der Waals surface area contributed by atoms with Crippen molar-refractivity contribution >= 4 is 5.91 Å². The van der Waals surface area contributed by atoms with Gasteiger partial charge in [-0.3, -0.25) is 4.79 Å². The summed E-state index contributed by atoms with van der Waals surface area (Å²) in [6.07, 6.45) is 4.26. The molecule has 0 aromatic heterocycles. The molecule has 1 amide bonds. The molecule has 2 unspecified atom stereocenters. The topological polar surface area (TPSA) is 61.4 Å². The maximum absolute atomic E-state index is 11.5. The van der Waals surface area contributed by atoms with Crippen LogP contribution in [0.25, 0.3) is 0 Å². The molecule has 4 heteroatoms. The fraction of sp³-hybridized carbons (Fsp3) is 0.909. The fourth-order valence-electron chi connectivity index (χ4n) is 2.73. The van der Waals surface area contributed by atoms with E-state index in [1.165, 1.54) is 12.8 Å². The summed E-state index contributed by atoms with van der Waals surface area (Å²) < 4.78 is 0. The van der Waals surface area contributed by atoms with Crippen LogP contribution in [0.4, 0.5) is 0 Å². The van der Waals surface area contributed by atoms with Crippen LogP contribution in [0.1, 0.15) is 39.0 Å². The van der Waals surface area contributed by atoms with Gasteiger partial charge in [0.15, 0.2) is 0 Å². The molecule has 15 heavy (non-hydrogen) atoms. The van der Waals surface area contributed by atoms with Gasteiger partial charge in [0.2, 0.25) is 5.91 Å². The third-order valence-corrected chi connectivity index (χ3v) is 3.32. The van der Waals surface area contributed by atoms with Gasteiger partial charge in [0.05, 0.1) is 12.5 Å². The van der Waals surface area contributed by atoms with Gasteiger partial charge >= 0.3 is 0 Å². The third kappa shape index (κ3) is 2.92. The second-order valence-corrected chi connectivity index (χ2v) is 4.93. The summed E-state index contributed by atoms with van der Waals surface area (Å²) in [5.74, 6) is -0.0173. The number of rotatable bonds is 3. The van der Waals surface area contributed by atoms with Crippen molar-refractivity contribution in [1.29, 1.82) is 0 Å². The first-order valence-electron chi connectivity index (χ1n) is 5.87. The molecule has 2 bridgehead atoms. The number of fused-ring (bicyclic) bond motifs is 2. The van der Waals surface area contributed by atoms with E-state index in [2.05, 4.69) is 10.6 Å². The van der Waals surface area contributed by atoms with Crippen LogP contribution in [-0.4, -0.2) is 35.2 Å². The number of nitrogens with one attached hydrogen (secondary N) is 2. The number of aliphatic hydroxyl groups excluding tert-OH is 1. The number of hydrogen-bond acceptors (Lipinski definition) is 3. The van der Waals surface area contributed by atoms with Crippen molar-refractivity contribution in [2.45, 2.75) is 63.3 Å². The quantitative estimate of drug-likeness (QED) is 0.624. The lowest BCUT2D eigenvalue weighted by atomic mass is 9.99. The van der Waals surface area contributed by atoms with Crippen LogP contribution in [0, 0.1) is 0 Å². The molecule has 0 aromatic carbocycles. The van der Waals surface area contributed by atoms with Crippen molar-refractivity contribution in [3.05, 3.63) is 0 Å². The zero-order valence-electron chi connectivity index (χ0n) is 9.20. The van der Waals surface area contributed by atoms with Gasteiger partial charge in [-0.05, 0) is 32.6 Å². The second kappa shape index (κ2) is 4.49. The molecule has 0 aromatic rings. The third-order valence-electron chi connectivity index (χ3n) is 3.32. The van der Waals surface area contributed by atoms with E-state index in [9.17, 15) is 4.79 Å². The lowest BCUT2D eigenvalue weighted by Crippen LogP contribution is -2.48. The van der Waals surface area contributed by atoms with Crippen molar-refractivity contribution < 1.29 is 9.90 Å². The highest BCUT2D eigenvalue weighted by molar-refractivity contribution is 5.76. The SMILES string of the molecule is CC(O)CC(=O)NC1C[C@H]2CC[C@@H](C1)N2. The van der Waals surface area contributed by atoms with E-state index in [1.807, 2.05) is 0 Å². The Morgan fingerprint density at radius 1 is 1.47 bits per heavy atom. The van der Waals surface area contributed by atoms with Crippen molar-refractivity contribution in [2.75, 3.05) is 0 Å². The maximum Gasteiger partial charge on any atom is 0.222 e. The monoisotopic (exact) mass is 212 g/mol. The minimum absolute atomic E-state index is 0.0173. The molecule has 3 N–H and O–H groups in total. The first-order chi connectivity index (χ1) is 7.13. The summed E-state index contributed by atoms with van der Waals surface area (Å²) in [7, 11) is 0. The van der Waals surface area contributed by atoms with Crippen LogP contribution >= 0.6 is 0 Å². The first-order valence-corrected chi connectivity index (χ1v) is 5.87. The summed E-state index contributed by atoms with van der Waals surface area (Å²) in [5, 5.41) is 15.6. The Morgan fingerprint density at radius 3 is 2.60 bits per heavy atom. The van der Waals surface area contributed by atoms with Crippen molar-refractivity contribution in [2.24, 2.45) is 0 Å². The summed E-state index contributed by atoms with van der Waals surface area (Å²) in [6.45, 7) is 1.64. The van der Waals surface area contributed by atoms with Gasteiger partial charge < -0.3 is 15.7 Å². The van der Waals surface area contributed by atoms with E-state index in [1.54, 1.807) is 6.92 Å². The zero-order valence-corrected chi connectivity index (χ0v) is 9.20. The minimum atomic E-state index is -0.538. The van der Waals surface area contributed by atoms with E-state index in [4.69, 9.17) is 5.11 Å². The molecule has 0 radical (unpaired) electrons. The van der Waals surface area contributed by atoms with E-state index in [-0.39, 0.29) is 12.3 Å². The number of amides is 1. The Bertz CT molecular complexity index is 231. The fourth-order valence-corrected chi connectivity index (χ4v) is 2.73. The smallest absolute Gasteiger partial charge is 0.222 e. The number of aliphatic hydroxyl groups is 1. The number of carbonyl (C=O) groups is 1. The molecule has 0 aliphatic carbocycles. The standard InChI is InChI=1S/C11H20N2O2/c1-7(14)4-11(15)13-10-5-8-2-3-9(6-10)12-8/h7-10,12,14H,2-6H2,1H3,(H,13,15)/t7?,8-,9+,10?. The van der Waals surface area contributed by atoms with Crippen LogP contribution in [0.2, 0.25) is 0 Å². The highest BCUT2D eigenvalue weighted by atomic mass is 16.3. The molecule has 2 fully saturated rings. The average Bonchev–Trinajstić information content (AvgIpc) is 2.44. The largest absolute Gasteiger partial charge is 0.393 e. The Labute approximate surface area is 90.4 Å². The van der Waals surface area contributed by atoms with Crippen LogP contribution in [0.15, 0.2) is 0 Å². The van der Waals surface area contributed by atoms with Crippen LogP contribution in [0.3, 0.4) is 0 Å². The van der Waals surface area contributed by atoms with Gasteiger partial charge in [0.25, 0.3) is 0 Å². The summed E-state index contributed by atoms with van der Waals surface area (Å²) in [6, 6.07) is 1.51. The molecule has 2 aliphatic heterocycles. The Balaban J connectivity index is 1.78. The second-order valence-electron chi connectivity index (χ2n) is 4.93. The Kier molecular flexibility index (Phi) is 3.26. The van der Waals surface area contributed by atoms with E-state index in [0.717, 1.165) is 12.8 Å². The van der Waals surface area contributed by atoms with Gasteiger partial charge in [-0.2, -0.15) is 0 Å². The predicted molar refractivity (Wildman–Crippen MR) is 57.4 cm³/mol. The van der Waals surface area contributed by atoms with Gasteiger partial charge in [0.1, 0.15) is 0 Å². The molecule has 4 atom stereocenters. The first kappa shape index (κ1) is 10.9. The van der Waals surface area contributed by atoms with E-state index >= 15 is 0 Å². The van der Waals surface area contributed by atoms with Crippen molar-refractivity contribution in [3.8, 4) is 0 Å². The number of carbonyl (C=O) groups excluding carboxylic acids is 1. The summed E-state index contributed by atoms with van der Waals surface area (Å²) >= 11 is 0. The normalized spacial score (nSPS) is 36.3. The highest BCUT2D eigenvalue weighted by Gasteiger charge is 2.33. The highest BCUT2D eigenvalue weighted by Crippen LogP contribution is 2.26. The molecule has 2 saturated heterocycles. The molecule has 4 nitrogen and oxygen atoms in total. The summed E-state index contributed by atoms with van der Waals surface area (Å²) in [5.41, 5.74) is 0. The Hall–Kier alpha value is -0.610.